The van der Waals surface area contributed by atoms with Crippen LogP contribution in [0, 0.1) is 5.41 Å². The molecule has 2 rings (SSSR count). The highest BCUT2D eigenvalue weighted by Gasteiger charge is 2.32. The molecular weight excluding hydrogens is 292 g/mol. The molecule has 1 aromatic rings. The number of rotatable bonds is 8. The third-order valence-electron chi connectivity index (χ3n) is 4.64. The van der Waals surface area contributed by atoms with E-state index in [0.29, 0.717) is 19.8 Å². The molecule has 0 unspecified atom stereocenters. The quantitative estimate of drug-likeness (QED) is 0.590. The topological polar surface area (TPSA) is 69.0 Å². The Kier molecular flexibility index (Phi) is 7.02. The Bertz CT molecular complexity index is 479. The molecule has 0 spiro atoms. The lowest BCUT2D eigenvalue weighted by atomic mass is 9.81. The van der Waals surface area contributed by atoms with Gasteiger partial charge < -0.3 is 10.1 Å². The van der Waals surface area contributed by atoms with E-state index >= 15 is 0 Å². The number of aromatic nitrogens is 3. The van der Waals surface area contributed by atoms with Crippen molar-refractivity contribution in [1.29, 1.82) is 0 Å². The first-order valence-electron chi connectivity index (χ1n) is 8.89. The van der Waals surface area contributed by atoms with Crippen LogP contribution in [-0.4, -0.2) is 34.1 Å². The Morgan fingerprint density at radius 3 is 2.78 bits per heavy atom. The molecule has 1 fully saturated rings. The number of aryl methyl sites for hydroxylation is 1. The molecule has 0 aliphatic heterocycles. The summed E-state index contributed by atoms with van der Waals surface area (Å²) in [6.07, 6.45) is 9.67. The Morgan fingerprint density at radius 1 is 1.35 bits per heavy atom. The number of nitrogens with one attached hydrogen (secondary N) is 1. The van der Waals surface area contributed by atoms with E-state index in [4.69, 9.17) is 4.74 Å². The second-order valence-corrected chi connectivity index (χ2v) is 6.69. The first kappa shape index (κ1) is 17.9. The summed E-state index contributed by atoms with van der Waals surface area (Å²) in [5, 5.41) is 11.2. The van der Waals surface area contributed by atoms with Crippen molar-refractivity contribution in [1.82, 2.24) is 20.3 Å². The summed E-state index contributed by atoms with van der Waals surface area (Å²) in [6, 6.07) is 0. The standard InChI is InChI=1S/C17H30N4O2/c1-3-23-14-15-13-21(20-19-15)12-8-11-18-16(22)17(2)9-6-4-5-7-10-17/h13H,3-12,14H2,1-2H3,(H,18,22). The lowest BCUT2D eigenvalue weighted by molar-refractivity contribution is -0.130. The third-order valence-corrected chi connectivity index (χ3v) is 4.64. The van der Waals surface area contributed by atoms with Gasteiger partial charge in [0.05, 0.1) is 12.8 Å². The molecule has 1 saturated carbocycles. The average molecular weight is 322 g/mol. The fourth-order valence-corrected chi connectivity index (χ4v) is 3.11. The molecule has 6 heteroatoms. The zero-order chi connectivity index (χ0) is 16.5. The van der Waals surface area contributed by atoms with E-state index in [1.807, 2.05) is 17.8 Å². The second kappa shape index (κ2) is 9.01. The minimum absolute atomic E-state index is 0.172. The number of nitrogens with zero attached hydrogens (tertiary/aromatic N) is 3. The van der Waals surface area contributed by atoms with Gasteiger partial charge in [0.2, 0.25) is 5.91 Å². The fourth-order valence-electron chi connectivity index (χ4n) is 3.11. The monoisotopic (exact) mass is 322 g/mol. The van der Waals surface area contributed by atoms with Gasteiger partial charge in [-0.05, 0) is 26.2 Å². The van der Waals surface area contributed by atoms with Crippen molar-refractivity contribution >= 4 is 5.91 Å². The Morgan fingerprint density at radius 2 is 2.09 bits per heavy atom. The van der Waals surface area contributed by atoms with Crippen LogP contribution in [-0.2, 0) is 22.7 Å². The molecule has 1 aromatic heterocycles. The Balaban J connectivity index is 1.68. The lowest BCUT2D eigenvalue weighted by Crippen LogP contribution is -2.39. The average Bonchev–Trinajstić information content (AvgIpc) is 2.88. The minimum Gasteiger partial charge on any atom is -0.375 e. The molecule has 0 aromatic carbocycles. The molecule has 6 nitrogen and oxygen atoms in total. The van der Waals surface area contributed by atoms with Gasteiger partial charge >= 0.3 is 0 Å². The maximum atomic E-state index is 12.4. The highest BCUT2D eigenvalue weighted by molar-refractivity contribution is 5.82. The van der Waals surface area contributed by atoms with Crippen LogP contribution in [0.15, 0.2) is 6.20 Å². The second-order valence-electron chi connectivity index (χ2n) is 6.69. The summed E-state index contributed by atoms with van der Waals surface area (Å²) < 4.78 is 7.12. The largest absolute Gasteiger partial charge is 0.375 e. The molecule has 0 saturated heterocycles. The highest BCUT2D eigenvalue weighted by Crippen LogP contribution is 2.34. The predicted octanol–water partition coefficient (Wildman–Crippen LogP) is 2.68. The molecule has 1 heterocycles. The van der Waals surface area contributed by atoms with Crippen LogP contribution in [0.3, 0.4) is 0 Å². The van der Waals surface area contributed by atoms with E-state index in [2.05, 4.69) is 22.6 Å². The van der Waals surface area contributed by atoms with Crippen LogP contribution in [0.2, 0.25) is 0 Å². The summed E-state index contributed by atoms with van der Waals surface area (Å²) in [6.45, 7) is 6.71. The van der Waals surface area contributed by atoms with Gasteiger partial charge in [0.25, 0.3) is 0 Å². The van der Waals surface area contributed by atoms with E-state index in [0.717, 1.165) is 31.5 Å². The van der Waals surface area contributed by atoms with Gasteiger partial charge in [-0.2, -0.15) is 0 Å². The van der Waals surface area contributed by atoms with Gasteiger partial charge in [-0.15, -0.1) is 5.10 Å². The predicted molar refractivity (Wildman–Crippen MR) is 88.8 cm³/mol. The summed E-state index contributed by atoms with van der Waals surface area (Å²) in [7, 11) is 0. The highest BCUT2D eigenvalue weighted by atomic mass is 16.5. The van der Waals surface area contributed by atoms with Crippen molar-refractivity contribution in [3.05, 3.63) is 11.9 Å². The van der Waals surface area contributed by atoms with E-state index in [1.54, 1.807) is 0 Å². The summed E-state index contributed by atoms with van der Waals surface area (Å²) >= 11 is 0. The Hall–Kier alpha value is -1.43. The number of hydrogen-bond donors (Lipinski definition) is 1. The van der Waals surface area contributed by atoms with Crippen molar-refractivity contribution in [3.63, 3.8) is 0 Å². The fraction of sp³-hybridized carbons (Fsp3) is 0.824. The van der Waals surface area contributed by atoms with Gasteiger partial charge in [-0.25, -0.2) is 0 Å². The maximum Gasteiger partial charge on any atom is 0.225 e. The first-order valence-corrected chi connectivity index (χ1v) is 8.89. The van der Waals surface area contributed by atoms with Crippen LogP contribution in [0.1, 0.15) is 64.5 Å². The minimum atomic E-state index is -0.172. The lowest BCUT2D eigenvalue weighted by Gasteiger charge is -2.26. The first-order chi connectivity index (χ1) is 11.1. The van der Waals surface area contributed by atoms with Crippen LogP contribution >= 0.6 is 0 Å². The number of carbonyl (C=O) groups is 1. The van der Waals surface area contributed by atoms with E-state index in [-0.39, 0.29) is 11.3 Å². The van der Waals surface area contributed by atoms with Crippen LogP contribution < -0.4 is 5.32 Å². The summed E-state index contributed by atoms with van der Waals surface area (Å²) in [5.41, 5.74) is 0.677. The van der Waals surface area contributed by atoms with E-state index < -0.39 is 0 Å². The van der Waals surface area contributed by atoms with Crippen LogP contribution in [0.5, 0.6) is 0 Å². The van der Waals surface area contributed by atoms with Gasteiger partial charge in [0, 0.05) is 25.1 Å². The summed E-state index contributed by atoms with van der Waals surface area (Å²) in [4.78, 5) is 12.4. The maximum absolute atomic E-state index is 12.4. The normalized spacial score (nSPS) is 17.7. The molecule has 1 N–H and O–H groups in total. The van der Waals surface area contributed by atoms with E-state index in [1.165, 1.54) is 25.7 Å². The molecular formula is C17H30N4O2. The van der Waals surface area contributed by atoms with Crippen LogP contribution in [0.4, 0.5) is 0 Å². The molecule has 1 aliphatic carbocycles. The smallest absolute Gasteiger partial charge is 0.225 e. The molecule has 1 amide bonds. The third kappa shape index (κ3) is 5.61. The van der Waals surface area contributed by atoms with Gasteiger partial charge in [0.15, 0.2) is 0 Å². The van der Waals surface area contributed by atoms with Crippen molar-refractivity contribution in [2.24, 2.45) is 5.41 Å². The van der Waals surface area contributed by atoms with Crippen LogP contribution in [0.25, 0.3) is 0 Å². The summed E-state index contributed by atoms with van der Waals surface area (Å²) in [5.74, 6) is 0.218. The molecule has 0 radical (unpaired) electrons. The number of hydrogen-bond acceptors (Lipinski definition) is 4. The number of amides is 1. The van der Waals surface area contributed by atoms with E-state index in [9.17, 15) is 4.79 Å². The van der Waals surface area contributed by atoms with Crippen molar-refractivity contribution in [2.45, 2.75) is 71.9 Å². The van der Waals surface area contributed by atoms with Crippen molar-refractivity contribution in [3.8, 4) is 0 Å². The molecule has 0 atom stereocenters. The number of ether oxygens (including phenoxy) is 1. The molecule has 23 heavy (non-hydrogen) atoms. The zero-order valence-electron chi connectivity index (χ0n) is 14.5. The van der Waals surface area contributed by atoms with Crippen molar-refractivity contribution < 1.29 is 9.53 Å². The van der Waals surface area contributed by atoms with Gasteiger partial charge in [0.1, 0.15) is 5.69 Å². The van der Waals surface area contributed by atoms with Gasteiger partial charge in [-0.1, -0.05) is 37.8 Å². The van der Waals surface area contributed by atoms with Gasteiger partial charge in [-0.3, -0.25) is 9.48 Å². The molecule has 0 bridgehead atoms. The molecule has 1 aliphatic rings. The molecule has 130 valence electrons. The zero-order valence-corrected chi connectivity index (χ0v) is 14.5. The Labute approximate surface area is 139 Å². The van der Waals surface area contributed by atoms with Crippen molar-refractivity contribution in [2.75, 3.05) is 13.2 Å². The SMILES string of the molecule is CCOCc1cn(CCCNC(=O)C2(C)CCCCCC2)nn1. The number of carbonyl (C=O) groups excluding carboxylic acids is 1.